The predicted octanol–water partition coefficient (Wildman–Crippen LogP) is 6.07. The number of nitrogens with zero attached hydrogens (tertiary/aromatic N) is 3. The van der Waals surface area contributed by atoms with Gasteiger partial charge in [-0.15, -0.1) is 0 Å². The number of pyridine rings is 1. The molecule has 0 bridgehead atoms. The third-order valence-electron chi connectivity index (χ3n) is 7.18. The maximum Gasteiger partial charge on any atom is 0.337 e. The minimum absolute atomic E-state index is 0.117. The van der Waals surface area contributed by atoms with Gasteiger partial charge in [-0.05, 0) is 105 Å². The molecule has 3 heterocycles. The zero-order valence-electron chi connectivity index (χ0n) is 21.6. The molecular formula is C30H30N4O2S. The molecule has 0 amide bonds. The van der Waals surface area contributed by atoms with Crippen LogP contribution in [0.5, 0.6) is 0 Å². The van der Waals surface area contributed by atoms with Crippen LogP contribution in [-0.2, 0) is 4.74 Å². The lowest BCUT2D eigenvalue weighted by atomic mass is 9.96. The number of hydrogen-bond donors (Lipinski definition) is 1. The molecule has 37 heavy (non-hydrogen) atoms. The maximum absolute atomic E-state index is 12.2. The quantitative estimate of drug-likeness (QED) is 0.260. The van der Waals surface area contributed by atoms with Crippen LogP contribution in [0.1, 0.15) is 56.2 Å². The molecule has 1 N–H and O–H groups in total. The van der Waals surface area contributed by atoms with Gasteiger partial charge in [-0.25, -0.2) is 4.79 Å². The fraction of sp³-hybridized carbons (Fsp3) is 0.233. The van der Waals surface area contributed by atoms with Gasteiger partial charge in [-0.1, -0.05) is 18.2 Å². The van der Waals surface area contributed by atoms with Gasteiger partial charge >= 0.3 is 5.97 Å². The molecule has 1 saturated heterocycles. The number of benzene rings is 2. The third-order valence-corrected chi connectivity index (χ3v) is 7.50. The summed E-state index contributed by atoms with van der Waals surface area (Å²) in [6.07, 6.45) is 1.82. The van der Waals surface area contributed by atoms with E-state index in [-0.39, 0.29) is 18.1 Å². The summed E-state index contributed by atoms with van der Waals surface area (Å²) in [4.78, 5) is 19.1. The van der Waals surface area contributed by atoms with Crippen LogP contribution in [-0.4, -0.2) is 27.7 Å². The molecule has 5 rings (SSSR count). The van der Waals surface area contributed by atoms with E-state index in [2.05, 4.69) is 71.7 Å². The molecule has 0 aliphatic carbocycles. The number of aromatic nitrogens is 2. The molecule has 1 fully saturated rings. The number of rotatable bonds is 5. The second-order valence-electron chi connectivity index (χ2n) is 9.47. The zero-order valence-corrected chi connectivity index (χ0v) is 22.5. The summed E-state index contributed by atoms with van der Waals surface area (Å²) in [7, 11) is 1.40. The van der Waals surface area contributed by atoms with Crippen LogP contribution in [0.15, 0.2) is 72.9 Å². The van der Waals surface area contributed by atoms with Crippen LogP contribution in [0.2, 0.25) is 0 Å². The van der Waals surface area contributed by atoms with E-state index in [1.165, 1.54) is 18.2 Å². The van der Waals surface area contributed by atoms with Crippen molar-refractivity contribution in [3.05, 3.63) is 112 Å². The lowest BCUT2D eigenvalue weighted by Crippen LogP contribution is -2.29. The highest BCUT2D eigenvalue weighted by molar-refractivity contribution is 7.80. The van der Waals surface area contributed by atoms with E-state index in [1.54, 1.807) is 6.07 Å². The van der Waals surface area contributed by atoms with Crippen LogP contribution < -0.4 is 10.2 Å². The van der Waals surface area contributed by atoms with Crippen molar-refractivity contribution in [2.45, 2.75) is 39.8 Å². The second kappa shape index (κ2) is 9.82. The fourth-order valence-corrected chi connectivity index (χ4v) is 5.54. The predicted molar refractivity (Wildman–Crippen MR) is 150 cm³/mol. The average molecular weight is 511 g/mol. The van der Waals surface area contributed by atoms with E-state index in [9.17, 15) is 4.79 Å². The topological polar surface area (TPSA) is 59.4 Å². The largest absolute Gasteiger partial charge is 0.465 e. The van der Waals surface area contributed by atoms with Crippen LogP contribution in [0.4, 0.5) is 5.69 Å². The number of methoxy groups -OCH3 is 1. The minimum atomic E-state index is -0.356. The lowest BCUT2D eigenvalue weighted by molar-refractivity contribution is 0.0600. The minimum Gasteiger partial charge on any atom is -0.465 e. The van der Waals surface area contributed by atoms with Crippen LogP contribution in [0, 0.1) is 27.7 Å². The molecule has 0 radical (unpaired) electrons. The van der Waals surface area contributed by atoms with Crippen molar-refractivity contribution in [1.82, 2.24) is 14.9 Å². The highest BCUT2D eigenvalue weighted by Gasteiger charge is 2.42. The summed E-state index contributed by atoms with van der Waals surface area (Å²) >= 11 is 5.92. The van der Waals surface area contributed by atoms with Gasteiger partial charge in [0.2, 0.25) is 0 Å². The van der Waals surface area contributed by atoms with Gasteiger partial charge in [0.1, 0.15) is 0 Å². The summed E-state index contributed by atoms with van der Waals surface area (Å²) in [6.45, 7) is 8.43. The number of carbonyl (C=O) groups is 1. The Morgan fingerprint density at radius 1 is 0.946 bits per heavy atom. The van der Waals surface area contributed by atoms with Gasteiger partial charge in [0.05, 0.1) is 30.5 Å². The second-order valence-corrected chi connectivity index (χ2v) is 9.86. The van der Waals surface area contributed by atoms with Crippen molar-refractivity contribution in [3.8, 4) is 5.69 Å². The Labute approximate surface area is 222 Å². The standard InChI is InChI=1S/C30H30N4O2S/c1-18-12-13-24(15-19(18)2)34-28(27(32-30(34)37)26-11-6-7-14-31-26)25-16-20(3)33(21(25)4)23-10-8-9-22(17-23)29(35)36-5/h6-17,27-28H,1-5H3,(H,32,37)/t27-,28-/m1/s1. The van der Waals surface area contributed by atoms with E-state index in [0.29, 0.717) is 10.7 Å². The SMILES string of the molecule is COC(=O)c1cccc(-n2c(C)cc([C@@H]3[C@@H](c4ccccn4)NC(=S)N3c3ccc(C)c(C)c3)c2C)c1. The molecule has 2 aromatic heterocycles. The first-order valence-corrected chi connectivity index (χ1v) is 12.7. The van der Waals surface area contributed by atoms with Gasteiger partial charge in [0.25, 0.3) is 0 Å². The smallest absolute Gasteiger partial charge is 0.337 e. The van der Waals surface area contributed by atoms with Gasteiger partial charge in [-0.3, -0.25) is 4.98 Å². The molecule has 2 aromatic carbocycles. The molecule has 6 nitrogen and oxygen atoms in total. The van der Waals surface area contributed by atoms with Gasteiger partial charge < -0.3 is 19.5 Å². The highest BCUT2D eigenvalue weighted by atomic mass is 32.1. The molecule has 7 heteroatoms. The summed E-state index contributed by atoms with van der Waals surface area (Å²) < 4.78 is 7.12. The Morgan fingerprint density at radius 3 is 2.46 bits per heavy atom. The summed E-state index contributed by atoms with van der Waals surface area (Å²) in [5.41, 5.74) is 9.12. The van der Waals surface area contributed by atoms with Crippen molar-refractivity contribution in [1.29, 1.82) is 0 Å². The van der Waals surface area contributed by atoms with Crippen molar-refractivity contribution in [2.75, 3.05) is 12.0 Å². The number of anilines is 1. The summed E-state index contributed by atoms with van der Waals surface area (Å²) in [5.74, 6) is -0.356. The van der Waals surface area contributed by atoms with Crippen molar-refractivity contribution in [2.24, 2.45) is 0 Å². The normalized spacial score (nSPS) is 17.1. The van der Waals surface area contributed by atoms with E-state index in [0.717, 1.165) is 34.0 Å². The first kappa shape index (κ1) is 24.7. The molecule has 2 atom stereocenters. The number of thiocarbonyl (C=S) groups is 1. The molecule has 188 valence electrons. The van der Waals surface area contributed by atoms with E-state index >= 15 is 0 Å². The number of nitrogens with one attached hydrogen (secondary N) is 1. The van der Waals surface area contributed by atoms with Gasteiger partial charge in [0.15, 0.2) is 5.11 Å². The van der Waals surface area contributed by atoms with Crippen LogP contribution in [0.25, 0.3) is 5.69 Å². The Morgan fingerprint density at radius 2 is 1.76 bits per heavy atom. The number of aryl methyl sites for hydroxylation is 3. The molecular weight excluding hydrogens is 480 g/mol. The number of esters is 1. The van der Waals surface area contributed by atoms with E-state index < -0.39 is 0 Å². The Balaban J connectivity index is 1.67. The highest BCUT2D eigenvalue weighted by Crippen LogP contribution is 2.44. The summed E-state index contributed by atoms with van der Waals surface area (Å²) in [6, 6.07) is 21.9. The molecule has 0 spiro atoms. The van der Waals surface area contributed by atoms with Gasteiger partial charge in [0, 0.05) is 29.0 Å². The van der Waals surface area contributed by atoms with Crippen molar-refractivity contribution in [3.63, 3.8) is 0 Å². The Hall–Kier alpha value is -3.97. The lowest BCUT2D eigenvalue weighted by Gasteiger charge is -2.28. The van der Waals surface area contributed by atoms with Crippen molar-refractivity contribution < 1.29 is 9.53 Å². The molecule has 0 saturated carbocycles. The zero-order chi connectivity index (χ0) is 26.3. The average Bonchev–Trinajstić information content (AvgIpc) is 3.40. The Bertz CT molecular complexity index is 1490. The van der Waals surface area contributed by atoms with E-state index in [1.807, 2.05) is 42.6 Å². The van der Waals surface area contributed by atoms with Crippen LogP contribution in [0.3, 0.4) is 0 Å². The maximum atomic E-state index is 12.2. The monoisotopic (exact) mass is 510 g/mol. The van der Waals surface area contributed by atoms with Crippen molar-refractivity contribution >= 4 is 29.0 Å². The molecule has 1 aliphatic rings. The first-order chi connectivity index (χ1) is 17.8. The van der Waals surface area contributed by atoms with Gasteiger partial charge in [-0.2, -0.15) is 0 Å². The molecule has 0 unspecified atom stereocenters. The number of hydrogen-bond acceptors (Lipinski definition) is 4. The third kappa shape index (κ3) is 4.40. The van der Waals surface area contributed by atoms with Crippen LogP contribution >= 0.6 is 12.2 Å². The summed E-state index contributed by atoms with van der Waals surface area (Å²) in [5, 5.41) is 4.22. The Kier molecular flexibility index (Phi) is 6.56. The first-order valence-electron chi connectivity index (χ1n) is 12.3. The number of carbonyl (C=O) groups excluding carboxylic acids is 1. The fourth-order valence-electron chi connectivity index (χ4n) is 5.20. The van der Waals surface area contributed by atoms with E-state index in [4.69, 9.17) is 17.0 Å². The molecule has 4 aromatic rings. The number of ether oxygens (including phenoxy) is 1. The molecule has 1 aliphatic heterocycles.